The van der Waals surface area contributed by atoms with Crippen LogP contribution in [0.2, 0.25) is 0 Å². The molecule has 0 radical (unpaired) electrons. The molecule has 1 saturated heterocycles. The van der Waals surface area contributed by atoms with Gasteiger partial charge in [0.15, 0.2) is 11.3 Å². The number of ether oxygens (including phenoxy) is 1. The number of nitrogens with two attached hydrogens (primary N) is 1. The second kappa shape index (κ2) is 10.00. The predicted molar refractivity (Wildman–Crippen MR) is 114 cm³/mol. The lowest BCUT2D eigenvalue weighted by molar-refractivity contribution is -0.168. The fourth-order valence-corrected chi connectivity index (χ4v) is 4.32. The van der Waals surface area contributed by atoms with Crippen molar-refractivity contribution in [1.82, 2.24) is 19.7 Å². The first-order valence-corrected chi connectivity index (χ1v) is 11.6. The van der Waals surface area contributed by atoms with Gasteiger partial charge in [0.1, 0.15) is 36.7 Å². The number of imidazole rings is 1. The number of hydrogen-bond donors (Lipinski definition) is 3. The third kappa shape index (κ3) is 5.24. The highest BCUT2D eigenvalue weighted by Gasteiger charge is 2.46. The highest BCUT2D eigenvalue weighted by molar-refractivity contribution is 7.48. The van der Waals surface area contributed by atoms with Crippen LogP contribution in [0.5, 0.6) is 5.75 Å². The molecule has 4 N–H and O–H groups in total. The molecule has 3 aromatic rings. The number of nitrogens with zero attached hydrogens (tertiary/aromatic N) is 4. The number of aliphatic hydroxyl groups is 2. The van der Waals surface area contributed by atoms with Crippen LogP contribution < -0.4 is 15.1 Å². The predicted octanol–water partition coefficient (Wildman–Crippen LogP) is 0.914. The monoisotopic (exact) mass is 481 g/mol. The number of rotatable bonds is 10. The molecule has 3 heterocycles. The van der Waals surface area contributed by atoms with Gasteiger partial charge in [-0.2, -0.15) is 0 Å². The van der Waals surface area contributed by atoms with Crippen molar-refractivity contribution in [2.24, 2.45) is 0 Å². The van der Waals surface area contributed by atoms with Crippen molar-refractivity contribution in [3.8, 4) is 5.75 Å². The molecule has 0 aliphatic carbocycles. The lowest BCUT2D eigenvalue weighted by atomic mass is 10.1. The van der Waals surface area contributed by atoms with Gasteiger partial charge in [-0.05, 0) is 18.6 Å². The SMILES string of the molecule is CCCO[P@](=O)(OC[C@H]1O[C@@H](On2cnc3c(N)ncnc32)[C@@H](O)[C@@H]1O)Oc1ccccc1. The standard InChI is InChI=1S/C19H24N5O8P/c1-2-8-28-33(27,32-12-6-4-3-5-7-12)29-9-13-15(25)16(26)19(30-13)31-24-11-23-14-17(20)21-10-22-18(14)24/h3-7,10-11,13,15-16,19,25-26H,2,8-9H2,1H3,(H2,20,21,22)/t13-,15-,16+,19+,33-/m1/s1. The third-order valence-corrected chi connectivity index (χ3v) is 6.08. The van der Waals surface area contributed by atoms with Crippen LogP contribution in [-0.4, -0.2) is 67.7 Å². The summed E-state index contributed by atoms with van der Waals surface area (Å²) in [4.78, 5) is 17.5. The van der Waals surface area contributed by atoms with Crippen molar-refractivity contribution < 1.29 is 37.9 Å². The van der Waals surface area contributed by atoms with Gasteiger partial charge in [-0.1, -0.05) is 25.1 Å². The Hall–Kier alpha value is -2.80. The molecule has 0 bridgehead atoms. The van der Waals surface area contributed by atoms with Crippen molar-refractivity contribution in [3.63, 3.8) is 0 Å². The summed E-state index contributed by atoms with van der Waals surface area (Å²) in [5.74, 6) is 0.446. The molecule has 4 rings (SSSR count). The number of fused-ring (bicyclic) bond motifs is 1. The molecule has 5 atom stereocenters. The van der Waals surface area contributed by atoms with Crippen LogP contribution >= 0.6 is 7.82 Å². The Balaban J connectivity index is 1.42. The van der Waals surface area contributed by atoms with Crippen LogP contribution in [0, 0.1) is 0 Å². The quantitative estimate of drug-likeness (QED) is 0.350. The van der Waals surface area contributed by atoms with Gasteiger partial charge >= 0.3 is 7.82 Å². The molecule has 13 nitrogen and oxygen atoms in total. The molecule has 0 unspecified atom stereocenters. The second-order valence-electron chi connectivity index (χ2n) is 7.11. The van der Waals surface area contributed by atoms with Crippen LogP contribution in [0.1, 0.15) is 13.3 Å². The first-order chi connectivity index (χ1) is 15.9. The Morgan fingerprint density at radius 3 is 2.70 bits per heavy atom. The molecule has 0 amide bonds. The molecule has 33 heavy (non-hydrogen) atoms. The number of aromatic nitrogens is 4. The number of anilines is 1. The Bertz CT molecular complexity index is 1120. The molecule has 0 saturated carbocycles. The molecule has 2 aromatic heterocycles. The normalized spacial score (nSPS) is 24.6. The fraction of sp³-hybridized carbons (Fsp3) is 0.421. The summed E-state index contributed by atoms with van der Waals surface area (Å²) >= 11 is 0. The minimum Gasteiger partial charge on any atom is -0.404 e. The van der Waals surface area contributed by atoms with E-state index in [4.69, 9.17) is 28.9 Å². The number of phosphoric acid groups is 1. The summed E-state index contributed by atoms with van der Waals surface area (Å²) in [5.41, 5.74) is 6.30. The summed E-state index contributed by atoms with van der Waals surface area (Å²) in [6.07, 6.45) is -2.14. The summed E-state index contributed by atoms with van der Waals surface area (Å²) in [6.45, 7) is 1.57. The average molecular weight is 481 g/mol. The van der Waals surface area contributed by atoms with E-state index < -0.39 is 39.0 Å². The maximum absolute atomic E-state index is 13.1. The molecule has 1 aliphatic heterocycles. The van der Waals surface area contributed by atoms with Crippen LogP contribution in [0.25, 0.3) is 11.2 Å². The zero-order chi connectivity index (χ0) is 23.4. The van der Waals surface area contributed by atoms with Crippen molar-refractivity contribution in [3.05, 3.63) is 43.0 Å². The van der Waals surface area contributed by atoms with Gasteiger partial charge in [0.05, 0.1) is 13.2 Å². The minimum absolute atomic E-state index is 0.130. The van der Waals surface area contributed by atoms with Gasteiger partial charge < -0.3 is 30.0 Å². The highest BCUT2D eigenvalue weighted by Crippen LogP contribution is 2.50. The van der Waals surface area contributed by atoms with E-state index >= 15 is 0 Å². The Labute approximate surface area is 188 Å². The highest BCUT2D eigenvalue weighted by atomic mass is 31.2. The molecule has 0 spiro atoms. The van der Waals surface area contributed by atoms with Crippen molar-refractivity contribution >= 4 is 24.8 Å². The molecule has 1 aliphatic rings. The van der Waals surface area contributed by atoms with Crippen molar-refractivity contribution in [1.29, 1.82) is 0 Å². The first-order valence-electron chi connectivity index (χ1n) is 10.2. The summed E-state index contributed by atoms with van der Waals surface area (Å²) in [6, 6.07) is 8.40. The number of aliphatic hydroxyl groups excluding tert-OH is 2. The molecule has 1 aromatic carbocycles. The zero-order valence-electron chi connectivity index (χ0n) is 17.6. The van der Waals surface area contributed by atoms with Gasteiger partial charge in [-0.3, -0.25) is 9.05 Å². The Morgan fingerprint density at radius 1 is 1.15 bits per heavy atom. The average Bonchev–Trinajstić information content (AvgIpc) is 3.34. The molecule has 178 valence electrons. The molecular weight excluding hydrogens is 457 g/mol. The smallest absolute Gasteiger partial charge is 0.404 e. The molecular formula is C19H24N5O8P. The molecule has 14 heteroatoms. The first kappa shape index (κ1) is 23.4. The van der Waals surface area contributed by atoms with Crippen LogP contribution in [0.3, 0.4) is 0 Å². The van der Waals surface area contributed by atoms with E-state index in [9.17, 15) is 14.8 Å². The topological polar surface area (TPSA) is 173 Å². The van der Waals surface area contributed by atoms with Gasteiger partial charge in [0.2, 0.25) is 5.65 Å². The Morgan fingerprint density at radius 2 is 1.94 bits per heavy atom. The van der Waals surface area contributed by atoms with Gasteiger partial charge in [-0.15, -0.1) is 4.73 Å². The van der Waals surface area contributed by atoms with Gasteiger partial charge in [-0.25, -0.2) is 19.5 Å². The van der Waals surface area contributed by atoms with E-state index in [2.05, 4.69) is 15.0 Å². The summed E-state index contributed by atoms with van der Waals surface area (Å²) < 4.78 is 36.0. The van der Waals surface area contributed by atoms with Crippen LogP contribution in [0.4, 0.5) is 5.82 Å². The Kier molecular flexibility index (Phi) is 7.08. The number of nitrogen functional groups attached to an aromatic ring is 1. The second-order valence-corrected chi connectivity index (χ2v) is 8.70. The minimum atomic E-state index is -4.03. The maximum atomic E-state index is 13.1. The fourth-order valence-electron chi connectivity index (χ4n) is 3.03. The largest absolute Gasteiger partial charge is 0.530 e. The summed E-state index contributed by atoms with van der Waals surface area (Å²) in [7, 11) is -4.03. The number of benzene rings is 1. The number of phosphoric ester groups is 1. The zero-order valence-corrected chi connectivity index (χ0v) is 18.5. The van der Waals surface area contributed by atoms with Crippen LogP contribution in [0.15, 0.2) is 43.0 Å². The maximum Gasteiger partial charge on any atom is 0.530 e. The van der Waals surface area contributed by atoms with E-state index in [-0.39, 0.29) is 18.1 Å². The lowest BCUT2D eigenvalue weighted by Crippen LogP contribution is -2.38. The lowest BCUT2D eigenvalue weighted by Gasteiger charge is -2.21. The van der Waals surface area contributed by atoms with Crippen molar-refractivity contribution in [2.45, 2.75) is 37.9 Å². The number of hydrogen-bond acceptors (Lipinski definition) is 12. The van der Waals surface area contributed by atoms with Crippen LogP contribution in [-0.2, 0) is 18.3 Å². The van der Waals surface area contributed by atoms with Gasteiger partial charge in [0, 0.05) is 0 Å². The molecule has 1 fully saturated rings. The van der Waals surface area contributed by atoms with Crippen molar-refractivity contribution in [2.75, 3.05) is 18.9 Å². The van der Waals surface area contributed by atoms with E-state index in [0.717, 1.165) is 4.73 Å². The van der Waals surface area contributed by atoms with E-state index in [0.29, 0.717) is 17.7 Å². The van der Waals surface area contributed by atoms with E-state index in [1.807, 2.05) is 6.92 Å². The van der Waals surface area contributed by atoms with E-state index in [1.165, 1.54) is 12.7 Å². The third-order valence-electron chi connectivity index (χ3n) is 4.68. The van der Waals surface area contributed by atoms with Gasteiger partial charge in [0.25, 0.3) is 6.29 Å². The van der Waals surface area contributed by atoms with E-state index in [1.54, 1.807) is 30.3 Å². The summed E-state index contributed by atoms with van der Waals surface area (Å²) in [5, 5.41) is 20.8. The number of para-hydroxylation sites is 1.